The van der Waals surface area contributed by atoms with Crippen LogP contribution in [0.5, 0.6) is 0 Å². The van der Waals surface area contributed by atoms with Crippen LogP contribution in [-0.4, -0.2) is 18.0 Å². The summed E-state index contributed by atoms with van der Waals surface area (Å²) in [4.78, 5) is 22.5. The molecule has 4 nitrogen and oxygen atoms in total. The fraction of sp³-hybridized carbons (Fsp3) is 0.231. The quantitative estimate of drug-likeness (QED) is 0.729. The van der Waals surface area contributed by atoms with Gasteiger partial charge in [-0.25, -0.2) is 0 Å². The van der Waals surface area contributed by atoms with Gasteiger partial charge in [0.15, 0.2) is 5.78 Å². The van der Waals surface area contributed by atoms with Crippen LogP contribution in [0.25, 0.3) is 0 Å². The third-order valence-electron chi connectivity index (χ3n) is 2.33. The molecular weight excluding hydrogens is 220 g/mol. The molecule has 17 heavy (non-hydrogen) atoms. The Labute approximate surface area is 98.8 Å². The highest BCUT2D eigenvalue weighted by molar-refractivity contribution is 5.95. The Morgan fingerprint density at radius 2 is 2.00 bits per heavy atom. The lowest BCUT2D eigenvalue weighted by atomic mass is 10.0. The van der Waals surface area contributed by atoms with Crippen molar-refractivity contribution in [3.8, 4) is 0 Å². The number of rotatable bonds is 2. The van der Waals surface area contributed by atoms with E-state index >= 15 is 0 Å². The van der Waals surface area contributed by atoms with E-state index in [2.05, 4.69) is 0 Å². The largest absolute Gasteiger partial charge is 0.432 e. The van der Waals surface area contributed by atoms with Gasteiger partial charge in [0.2, 0.25) is 6.29 Å². The second-order valence-corrected chi connectivity index (χ2v) is 3.67. The second-order valence-electron chi connectivity index (χ2n) is 3.67. The number of carbonyl (C=O) groups is 2. The third-order valence-corrected chi connectivity index (χ3v) is 2.33. The summed E-state index contributed by atoms with van der Waals surface area (Å²) < 4.78 is 10.3. The van der Waals surface area contributed by atoms with Crippen LogP contribution in [0.2, 0.25) is 0 Å². The average molecular weight is 232 g/mol. The molecular formula is C13H12O4. The molecule has 88 valence electrons. The minimum absolute atomic E-state index is 0.153. The van der Waals surface area contributed by atoms with E-state index in [-0.39, 0.29) is 5.78 Å². The standard InChI is InChI=1S/C13H12O4/c1-9(14)16-12-8-7-11(15)13(17-12)10-5-3-2-4-6-10/h2-8,12-13H,1H3/t12-,13-/m0/s1. The van der Waals surface area contributed by atoms with Crippen molar-refractivity contribution in [2.24, 2.45) is 0 Å². The van der Waals surface area contributed by atoms with Gasteiger partial charge < -0.3 is 9.47 Å². The maximum atomic E-state index is 11.7. The van der Waals surface area contributed by atoms with Crippen molar-refractivity contribution in [1.82, 2.24) is 0 Å². The summed E-state index contributed by atoms with van der Waals surface area (Å²) in [5, 5.41) is 0. The second kappa shape index (κ2) is 4.93. The Morgan fingerprint density at radius 3 is 2.65 bits per heavy atom. The maximum Gasteiger partial charge on any atom is 0.305 e. The van der Waals surface area contributed by atoms with Gasteiger partial charge >= 0.3 is 5.97 Å². The molecule has 2 atom stereocenters. The topological polar surface area (TPSA) is 52.6 Å². The van der Waals surface area contributed by atoms with E-state index in [9.17, 15) is 9.59 Å². The summed E-state index contributed by atoms with van der Waals surface area (Å²) in [6.45, 7) is 1.30. The first-order valence-corrected chi connectivity index (χ1v) is 5.26. The van der Waals surface area contributed by atoms with E-state index in [1.165, 1.54) is 19.1 Å². The molecule has 0 radical (unpaired) electrons. The molecule has 1 aliphatic heterocycles. The van der Waals surface area contributed by atoms with Crippen molar-refractivity contribution in [2.75, 3.05) is 0 Å². The smallest absolute Gasteiger partial charge is 0.305 e. The number of carbonyl (C=O) groups excluding carboxylic acids is 2. The van der Waals surface area contributed by atoms with Crippen LogP contribution in [0.1, 0.15) is 18.6 Å². The Hall–Kier alpha value is -1.94. The molecule has 0 N–H and O–H groups in total. The molecule has 0 bridgehead atoms. The first-order chi connectivity index (χ1) is 8.16. The zero-order valence-electron chi connectivity index (χ0n) is 9.33. The summed E-state index contributed by atoms with van der Waals surface area (Å²) in [6, 6.07) is 9.10. The molecule has 0 saturated carbocycles. The van der Waals surface area contributed by atoms with Gasteiger partial charge in [-0.2, -0.15) is 0 Å². The van der Waals surface area contributed by atoms with Crippen molar-refractivity contribution in [1.29, 1.82) is 0 Å². The van der Waals surface area contributed by atoms with Crippen molar-refractivity contribution >= 4 is 11.8 Å². The fourth-order valence-electron chi connectivity index (χ4n) is 1.61. The average Bonchev–Trinajstić information content (AvgIpc) is 2.32. The first kappa shape index (κ1) is 11.5. The van der Waals surface area contributed by atoms with E-state index in [4.69, 9.17) is 9.47 Å². The summed E-state index contributed by atoms with van der Waals surface area (Å²) in [7, 11) is 0. The number of ketones is 1. The number of benzene rings is 1. The SMILES string of the molecule is CC(=O)O[C@@H]1C=CC(=O)[C@H](c2ccccc2)O1. The molecule has 2 rings (SSSR count). The van der Waals surface area contributed by atoms with Crippen molar-refractivity contribution in [3.05, 3.63) is 48.0 Å². The molecule has 0 aromatic heterocycles. The van der Waals surface area contributed by atoms with Gasteiger partial charge in [-0.05, 0) is 17.7 Å². The minimum Gasteiger partial charge on any atom is -0.432 e. The monoisotopic (exact) mass is 232 g/mol. The van der Waals surface area contributed by atoms with Crippen LogP contribution >= 0.6 is 0 Å². The normalized spacial score (nSPS) is 23.5. The predicted molar refractivity (Wildman–Crippen MR) is 60.0 cm³/mol. The molecule has 1 aromatic rings. The van der Waals surface area contributed by atoms with Gasteiger partial charge in [0, 0.05) is 6.92 Å². The van der Waals surface area contributed by atoms with Crippen molar-refractivity contribution in [2.45, 2.75) is 19.3 Å². The van der Waals surface area contributed by atoms with Crippen LogP contribution in [0.4, 0.5) is 0 Å². The van der Waals surface area contributed by atoms with Crippen LogP contribution in [0.3, 0.4) is 0 Å². The molecule has 4 heteroatoms. The lowest BCUT2D eigenvalue weighted by molar-refractivity contribution is -0.180. The molecule has 0 saturated heterocycles. The molecule has 0 unspecified atom stereocenters. The molecule has 0 aliphatic carbocycles. The molecule has 0 fully saturated rings. The Kier molecular flexibility index (Phi) is 3.35. The Bertz CT molecular complexity index is 450. The number of hydrogen-bond acceptors (Lipinski definition) is 4. The van der Waals surface area contributed by atoms with E-state index < -0.39 is 18.4 Å². The maximum absolute atomic E-state index is 11.7. The number of ether oxygens (including phenoxy) is 2. The van der Waals surface area contributed by atoms with Gasteiger partial charge in [0.1, 0.15) is 6.10 Å². The van der Waals surface area contributed by atoms with Gasteiger partial charge in [-0.1, -0.05) is 30.3 Å². The first-order valence-electron chi connectivity index (χ1n) is 5.26. The van der Waals surface area contributed by atoms with Crippen LogP contribution in [-0.2, 0) is 19.1 Å². The van der Waals surface area contributed by atoms with E-state index in [1.54, 1.807) is 12.1 Å². The Morgan fingerprint density at radius 1 is 1.29 bits per heavy atom. The van der Waals surface area contributed by atoms with Gasteiger partial charge in [0.25, 0.3) is 0 Å². The summed E-state index contributed by atoms with van der Waals surface area (Å²) in [5.41, 5.74) is 0.749. The molecule has 1 aliphatic rings. The predicted octanol–water partition coefficient (Wildman–Crippen LogP) is 1.77. The van der Waals surface area contributed by atoms with E-state index in [1.807, 2.05) is 18.2 Å². The van der Waals surface area contributed by atoms with E-state index in [0.29, 0.717) is 0 Å². The third kappa shape index (κ3) is 2.79. The number of esters is 1. The van der Waals surface area contributed by atoms with Gasteiger partial charge in [0.05, 0.1) is 0 Å². The zero-order valence-corrected chi connectivity index (χ0v) is 9.33. The van der Waals surface area contributed by atoms with Gasteiger partial charge in [-0.3, -0.25) is 9.59 Å². The molecule has 1 heterocycles. The lowest BCUT2D eigenvalue weighted by Crippen LogP contribution is -2.28. The van der Waals surface area contributed by atoms with Gasteiger partial charge in [-0.15, -0.1) is 0 Å². The van der Waals surface area contributed by atoms with Crippen LogP contribution in [0.15, 0.2) is 42.5 Å². The molecule has 0 amide bonds. The zero-order chi connectivity index (χ0) is 12.3. The van der Waals surface area contributed by atoms with Crippen LogP contribution in [0, 0.1) is 0 Å². The Balaban J connectivity index is 2.16. The summed E-state index contributed by atoms with van der Waals surface area (Å²) in [5.74, 6) is -0.597. The highest BCUT2D eigenvalue weighted by Gasteiger charge is 2.27. The highest BCUT2D eigenvalue weighted by atomic mass is 16.7. The number of hydrogen-bond donors (Lipinski definition) is 0. The van der Waals surface area contributed by atoms with Crippen LogP contribution < -0.4 is 0 Å². The summed E-state index contributed by atoms with van der Waals surface area (Å²) >= 11 is 0. The van der Waals surface area contributed by atoms with E-state index in [0.717, 1.165) is 5.56 Å². The lowest BCUT2D eigenvalue weighted by Gasteiger charge is -2.24. The molecule has 1 aromatic carbocycles. The highest BCUT2D eigenvalue weighted by Crippen LogP contribution is 2.25. The summed E-state index contributed by atoms with van der Waals surface area (Å²) in [6.07, 6.45) is 1.32. The fourth-order valence-corrected chi connectivity index (χ4v) is 1.61. The minimum atomic E-state index is -0.796. The van der Waals surface area contributed by atoms with Crippen molar-refractivity contribution < 1.29 is 19.1 Å². The molecule has 0 spiro atoms. The van der Waals surface area contributed by atoms with Crippen molar-refractivity contribution in [3.63, 3.8) is 0 Å².